The van der Waals surface area contributed by atoms with Crippen LogP contribution in [0.1, 0.15) is 46.0 Å². The third kappa shape index (κ3) is 10.5. The Labute approximate surface area is 189 Å². The van der Waals surface area contributed by atoms with E-state index in [1.165, 1.54) is 0 Å². The van der Waals surface area contributed by atoms with E-state index in [-0.39, 0.29) is 43.0 Å². The predicted molar refractivity (Wildman–Crippen MR) is 119 cm³/mol. The van der Waals surface area contributed by atoms with Crippen LogP contribution in [0.25, 0.3) is 0 Å². The first-order chi connectivity index (χ1) is 13.2. The molecule has 1 rings (SSSR count). The fourth-order valence-electron chi connectivity index (χ4n) is 2.77. The average molecular weight is 558 g/mol. The van der Waals surface area contributed by atoms with E-state index in [1.54, 1.807) is 0 Å². The SMILES string of the molecule is CCCCOCCCNC(=NCC1CCN(S(=O)(=O)C(F)(F)F)CC1)NCC.I. The fraction of sp³-hybridized carbons (Fsp3) is 0.941. The van der Waals surface area contributed by atoms with Crippen molar-refractivity contribution in [1.29, 1.82) is 0 Å². The number of aliphatic imine (C=N–C) groups is 1. The number of ether oxygens (including phenoxy) is 1. The summed E-state index contributed by atoms with van der Waals surface area (Å²) in [6, 6.07) is 0. The van der Waals surface area contributed by atoms with Crippen LogP contribution in [-0.4, -0.2) is 70.1 Å². The monoisotopic (exact) mass is 558 g/mol. The quantitative estimate of drug-likeness (QED) is 0.177. The highest BCUT2D eigenvalue weighted by Crippen LogP contribution is 2.30. The molecule has 1 heterocycles. The zero-order valence-corrected chi connectivity index (χ0v) is 20.3. The maximum absolute atomic E-state index is 12.6. The third-order valence-corrected chi connectivity index (χ3v) is 6.09. The summed E-state index contributed by atoms with van der Waals surface area (Å²) in [7, 11) is -5.23. The van der Waals surface area contributed by atoms with Crippen molar-refractivity contribution in [2.75, 3.05) is 45.9 Å². The zero-order chi connectivity index (χ0) is 21.0. The number of sulfonamides is 1. The smallest absolute Gasteiger partial charge is 0.381 e. The van der Waals surface area contributed by atoms with Crippen LogP contribution in [-0.2, 0) is 14.8 Å². The van der Waals surface area contributed by atoms with Gasteiger partial charge in [0, 0.05) is 45.9 Å². The van der Waals surface area contributed by atoms with Crippen LogP contribution in [0.5, 0.6) is 0 Å². The van der Waals surface area contributed by atoms with Crippen molar-refractivity contribution in [2.45, 2.75) is 51.5 Å². The first-order valence-corrected chi connectivity index (χ1v) is 11.3. The van der Waals surface area contributed by atoms with Gasteiger partial charge in [0.2, 0.25) is 0 Å². The molecular formula is C17H34F3IN4O3S. The maximum Gasteiger partial charge on any atom is 0.511 e. The molecule has 1 aliphatic rings. The third-order valence-electron chi connectivity index (χ3n) is 4.46. The summed E-state index contributed by atoms with van der Waals surface area (Å²) < 4.78 is 66.7. The standard InChI is InChI=1S/C17H33F3N4O3S.HI/c1-3-5-12-27-13-6-9-22-16(21-4-2)23-14-15-7-10-24(11-8-15)28(25,26)17(18,19)20;/h15H,3-14H2,1-2H3,(H2,21,22,23);1H. The van der Waals surface area contributed by atoms with Crippen LogP contribution in [0.15, 0.2) is 4.99 Å². The van der Waals surface area contributed by atoms with E-state index >= 15 is 0 Å². The Morgan fingerprint density at radius 1 is 1.14 bits per heavy atom. The Morgan fingerprint density at radius 3 is 2.31 bits per heavy atom. The maximum atomic E-state index is 12.6. The van der Waals surface area contributed by atoms with Crippen LogP contribution in [0.2, 0.25) is 0 Å². The van der Waals surface area contributed by atoms with Crippen molar-refractivity contribution in [1.82, 2.24) is 14.9 Å². The lowest BCUT2D eigenvalue weighted by atomic mass is 9.98. The van der Waals surface area contributed by atoms with Crippen LogP contribution in [0.4, 0.5) is 13.2 Å². The lowest BCUT2D eigenvalue weighted by Gasteiger charge is -2.30. The molecule has 0 saturated carbocycles. The molecular weight excluding hydrogens is 524 g/mol. The molecule has 0 atom stereocenters. The van der Waals surface area contributed by atoms with Crippen molar-refractivity contribution in [3.8, 4) is 0 Å². The molecule has 0 unspecified atom stereocenters. The number of halogens is 4. The predicted octanol–water partition coefficient (Wildman–Crippen LogP) is 2.93. The molecule has 0 bridgehead atoms. The number of alkyl halides is 3. The second kappa shape index (κ2) is 14.6. The van der Waals surface area contributed by atoms with E-state index in [2.05, 4.69) is 22.5 Å². The second-order valence-corrected chi connectivity index (χ2v) is 8.69. The number of hydrogen-bond donors (Lipinski definition) is 2. The van der Waals surface area contributed by atoms with Gasteiger partial charge in [0.15, 0.2) is 5.96 Å². The summed E-state index contributed by atoms with van der Waals surface area (Å²) in [6.45, 7) is 7.12. The summed E-state index contributed by atoms with van der Waals surface area (Å²) in [6.07, 6.45) is 3.74. The topological polar surface area (TPSA) is 83.0 Å². The zero-order valence-electron chi connectivity index (χ0n) is 17.1. The molecule has 174 valence electrons. The van der Waals surface area contributed by atoms with Crippen molar-refractivity contribution < 1.29 is 26.3 Å². The largest absolute Gasteiger partial charge is 0.511 e. The molecule has 0 aromatic carbocycles. The van der Waals surface area contributed by atoms with Crippen molar-refractivity contribution in [2.24, 2.45) is 10.9 Å². The number of rotatable bonds is 11. The van der Waals surface area contributed by atoms with Gasteiger partial charge in [-0.05, 0) is 38.5 Å². The fourth-order valence-corrected chi connectivity index (χ4v) is 3.75. The van der Waals surface area contributed by atoms with Gasteiger partial charge in [0.25, 0.3) is 0 Å². The number of unbranched alkanes of at least 4 members (excludes halogenated alkanes) is 1. The average Bonchev–Trinajstić information content (AvgIpc) is 2.64. The van der Waals surface area contributed by atoms with Gasteiger partial charge in [-0.2, -0.15) is 17.5 Å². The van der Waals surface area contributed by atoms with E-state index in [0.29, 0.717) is 49.3 Å². The van der Waals surface area contributed by atoms with Gasteiger partial charge in [0.1, 0.15) is 0 Å². The highest BCUT2D eigenvalue weighted by atomic mass is 127. The molecule has 1 saturated heterocycles. The van der Waals surface area contributed by atoms with Gasteiger partial charge in [-0.25, -0.2) is 8.42 Å². The summed E-state index contributed by atoms with van der Waals surface area (Å²) >= 11 is 0. The van der Waals surface area contributed by atoms with Crippen molar-refractivity contribution >= 4 is 40.0 Å². The minimum atomic E-state index is -5.24. The first kappa shape index (κ1) is 28.7. The highest BCUT2D eigenvalue weighted by Gasteiger charge is 2.50. The summed E-state index contributed by atoms with van der Waals surface area (Å²) in [5, 5.41) is 6.34. The molecule has 0 aliphatic carbocycles. The van der Waals surface area contributed by atoms with Crippen LogP contribution in [0.3, 0.4) is 0 Å². The van der Waals surface area contributed by atoms with Crippen molar-refractivity contribution in [3.05, 3.63) is 0 Å². The number of guanidine groups is 1. The molecule has 0 amide bonds. The van der Waals surface area contributed by atoms with Crippen LogP contribution >= 0.6 is 24.0 Å². The van der Waals surface area contributed by atoms with E-state index in [9.17, 15) is 21.6 Å². The van der Waals surface area contributed by atoms with Crippen LogP contribution < -0.4 is 10.6 Å². The molecule has 2 N–H and O–H groups in total. The Morgan fingerprint density at radius 2 is 1.76 bits per heavy atom. The Balaban J connectivity index is 0.00000784. The van der Waals surface area contributed by atoms with E-state index in [4.69, 9.17) is 4.74 Å². The van der Waals surface area contributed by atoms with Gasteiger partial charge in [-0.1, -0.05) is 13.3 Å². The molecule has 0 aromatic heterocycles. The van der Waals surface area contributed by atoms with Gasteiger partial charge in [-0.15, -0.1) is 24.0 Å². The normalized spacial score (nSPS) is 17.1. The molecule has 12 heteroatoms. The van der Waals surface area contributed by atoms with E-state index in [1.807, 2.05) is 6.92 Å². The first-order valence-electron chi connectivity index (χ1n) is 9.88. The number of hydrogen-bond acceptors (Lipinski definition) is 4. The van der Waals surface area contributed by atoms with Crippen molar-refractivity contribution in [3.63, 3.8) is 0 Å². The van der Waals surface area contributed by atoms with Gasteiger partial charge in [-0.3, -0.25) is 4.99 Å². The number of nitrogens with zero attached hydrogens (tertiary/aromatic N) is 2. The minimum absolute atomic E-state index is 0. The Bertz CT molecular complexity index is 569. The van der Waals surface area contributed by atoms with E-state index < -0.39 is 15.5 Å². The summed E-state index contributed by atoms with van der Waals surface area (Å²) in [5.41, 5.74) is -5.24. The molecule has 0 radical (unpaired) electrons. The lowest BCUT2D eigenvalue weighted by molar-refractivity contribution is -0.0496. The molecule has 29 heavy (non-hydrogen) atoms. The van der Waals surface area contributed by atoms with Gasteiger partial charge in [0.05, 0.1) is 0 Å². The molecule has 7 nitrogen and oxygen atoms in total. The summed E-state index contributed by atoms with van der Waals surface area (Å²) in [5.74, 6) is 0.717. The Hall–Kier alpha value is -0.340. The number of piperidine rings is 1. The molecule has 0 spiro atoms. The second-order valence-electron chi connectivity index (χ2n) is 6.76. The molecule has 1 fully saturated rings. The van der Waals surface area contributed by atoms with Gasteiger partial charge >= 0.3 is 15.5 Å². The minimum Gasteiger partial charge on any atom is -0.381 e. The molecule has 1 aliphatic heterocycles. The highest BCUT2D eigenvalue weighted by molar-refractivity contribution is 14.0. The van der Waals surface area contributed by atoms with Gasteiger partial charge < -0.3 is 15.4 Å². The number of nitrogens with one attached hydrogen (secondary N) is 2. The Kier molecular flexibility index (Phi) is 14.5. The van der Waals surface area contributed by atoms with E-state index in [0.717, 1.165) is 25.9 Å². The summed E-state index contributed by atoms with van der Waals surface area (Å²) in [4.78, 5) is 4.48. The molecule has 0 aromatic rings. The van der Waals surface area contributed by atoms with Crippen LogP contribution in [0, 0.1) is 5.92 Å². The lowest BCUT2D eigenvalue weighted by Crippen LogP contribution is -2.45.